The fourth-order valence-corrected chi connectivity index (χ4v) is 6.19. The second kappa shape index (κ2) is 7.64. The minimum Gasteiger partial charge on any atom is -0.348 e. The van der Waals surface area contributed by atoms with E-state index in [2.05, 4.69) is 24.0 Å². The summed E-state index contributed by atoms with van der Waals surface area (Å²) in [6, 6.07) is 13.5. The molecule has 1 aliphatic rings. The van der Waals surface area contributed by atoms with Crippen molar-refractivity contribution in [1.29, 1.82) is 0 Å². The van der Waals surface area contributed by atoms with Gasteiger partial charge < -0.3 is 4.90 Å². The van der Waals surface area contributed by atoms with E-state index in [1.165, 1.54) is 23.8 Å². The van der Waals surface area contributed by atoms with E-state index in [1.807, 2.05) is 17.5 Å². The van der Waals surface area contributed by atoms with Crippen LogP contribution < -0.4 is 4.90 Å². The highest BCUT2D eigenvalue weighted by Gasteiger charge is 2.32. The minimum absolute atomic E-state index is 0.0712. The van der Waals surface area contributed by atoms with Gasteiger partial charge in [-0.1, -0.05) is 29.8 Å². The summed E-state index contributed by atoms with van der Waals surface area (Å²) < 4.78 is 39.0. The van der Waals surface area contributed by atoms with Gasteiger partial charge in [-0.25, -0.2) is 17.8 Å². The van der Waals surface area contributed by atoms with Crippen LogP contribution in [0.2, 0.25) is 0 Å². The zero-order valence-electron chi connectivity index (χ0n) is 15.5. The molecule has 0 spiro atoms. The number of benzene rings is 2. The third-order valence-corrected chi connectivity index (χ3v) is 8.24. The molecule has 0 radical (unpaired) electrons. The van der Waals surface area contributed by atoms with Gasteiger partial charge in [0.1, 0.15) is 5.82 Å². The van der Waals surface area contributed by atoms with E-state index in [-0.39, 0.29) is 4.90 Å². The molecule has 0 atom stereocenters. The third-order valence-electron chi connectivity index (χ3n) is 5.08. The molecule has 0 N–H and O–H groups in total. The molecule has 2 aromatic carbocycles. The molecule has 4 nitrogen and oxygen atoms in total. The van der Waals surface area contributed by atoms with Crippen molar-refractivity contribution in [2.24, 2.45) is 0 Å². The summed E-state index contributed by atoms with van der Waals surface area (Å²) in [6.45, 7) is 3.31. The molecule has 4 rings (SSSR count). The van der Waals surface area contributed by atoms with Gasteiger partial charge in [0, 0.05) is 24.0 Å². The lowest BCUT2D eigenvalue weighted by Gasteiger charge is -2.31. The summed E-state index contributed by atoms with van der Waals surface area (Å²) in [6.07, 6.45) is 1.02. The van der Waals surface area contributed by atoms with Gasteiger partial charge in [-0.05, 0) is 44.0 Å². The number of piperidine rings is 1. The van der Waals surface area contributed by atoms with Crippen LogP contribution in [0.4, 0.5) is 9.52 Å². The van der Waals surface area contributed by atoms with Crippen molar-refractivity contribution in [2.75, 3.05) is 18.0 Å². The molecule has 0 amide bonds. The Labute approximate surface area is 168 Å². The number of halogens is 1. The van der Waals surface area contributed by atoms with Crippen molar-refractivity contribution in [2.45, 2.75) is 29.9 Å². The number of sulfone groups is 1. The molecule has 2 heterocycles. The first-order valence-corrected chi connectivity index (χ1v) is 11.6. The molecule has 1 aromatic heterocycles. The number of anilines is 1. The molecule has 1 aliphatic heterocycles. The van der Waals surface area contributed by atoms with Crippen molar-refractivity contribution in [3.05, 3.63) is 65.3 Å². The maximum atomic E-state index is 13.4. The normalized spacial score (nSPS) is 15.7. The predicted molar refractivity (Wildman–Crippen MR) is 111 cm³/mol. The van der Waals surface area contributed by atoms with Crippen LogP contribution >= 0.6 is 11.3 Å². The second-order valence-corrected chi connectivity index (χ2v) is 10.1. The highest BCUT2D eigenvalue weighted by Crippen LogP contribution is 2.32. The number of nitrogens with zero attached hydrogens (tertiary/aromatic N) is 2. The standard InChI is InChI=1S/C21H21FN2O2S2/c1-15-4-2-5-16(12-15)20-14-27-21(23-20)24-10-8-18(9-11-24)28(25,26)19-7-3-6-17(22)13-19/h2-7,12-14,18H,8-11H2,1H3. The summed E-state index contributed by atoms with van der Waals surface area (Å²) >= 11 is 1.58. The summed E-state index contributed by atoms with van der Waals surface area (Å²) in [7, 11) is -3.52. The Hall–Kier alpha value is -2.25. The fraction of sp³-hybridized carbons (Fsp3) is 0.286. The fourth-order valence-electron chi connectivity index (χ4n) is 3.54. The lowest BCUT2D eigenvalue weighted by Crippen LogP contribution is -2.39. The Kier molecular flexibility index (Phi) is 5.21. The molecule has 7 heteroatoms. The van der Waals surface area contributed by atoms with Crippen LogP contribution in [0.5, 0.6) is 0 Å². The van der Waals surface area contributed by atoms with Crippen LogP contribution in [0.25, 0.3) is 11.3 Å². The highest BCUT2D eigenvalue weighted by atomic mass is 32.2. The minimum atomic E-state index is -3.52. The van der Waals surface area contributed by atoms with E-state index < -0.39 is 20.9 Å². The van der Waals surface area contributed by atoms with Gasteiger partial charge >= 0.3 is 0 Å². The van der Waals surface area contributed by atoms with E-state index >= 15 is 0 Å². The zero-order chi connectivity index (χ0) is 19.7. The Bertz CT molecular complexity index is 1090. The SMILES string of the molecule is Cc1cccc(-c2csc(N3CCC(S(=O)(=O)c4cccc(F)c4)CC3)n2)c1. The maximum Gasteiger partial charge on any atom is 0.185 e. The van der Waals surface area contributed by atoms with Gasteiger partial charge in [0.05, 0.1) is 15.8 Å². The molecule has 146 valence electrons. The number of hydrogen-bond acceptors (Lipinski definition) is 5. The van der Waals surface area contributed by atoms with Crippen LogP contribution in [0.3, 0.4) is 0 Å². The molecule has 0 aliphatic carbocycles. The molecular weight excluding hydrogens is 395 g/mol. The summed E-state index contributed by atoms with van der Waals surface area (Å²) in [5, 5.41) is 2.47. The van der Waals surface area contributed by atoms with Crippen LogP contribution in [0.15, 0.2) is 58.8 Å². The molecular formula is C21H21FN2O2S2. The first kappa shape index (κ1) is 19.1. The number of rotatable bonds is 4. The van der Waals surface area contributed by atoms with Crippen molar-refractivity contribution in [3.8, 4) is 11.3 Å². The van der Waals surface area contributed by atoms with Gasteiger partial charge in [0.25, 0.3) is 0 Å². The van der Waals surface area contributed by atoms with Crippen molar-refractivity contribution in [3.63, 3.8) is 0 Å². The second-order valence-electron chi connectivity index (χ2n) is 7.07. The number of aryl methyl sites for hydroxylation is 1. The molecule has 1 fully saturated rings. The first-order valence-electron chi connectivity index (χ1n) is 9.20. The summed E-state index contributed by atoms with van der Waals surface area (Å²) in [5.74, 6) is -0.523. The Morgan fingerprint density at radius 2 is 1.86 bits per heavy atom. The molecule has 0 unspecified atom stereocenters. The van der Waals surface area contributed by atoms with E-state index in [4.69, 9.17) is 4.98 Å². The number of thiazole rings is 1. The lowest BCUT2D eigenvalue weighted by molar-refractivity contribution is 0.528. The predicted octanol–water partition coefficient (Wildman–Crippen LogP) is 4.70. The Morgan fingerprint density at radius 1 is 1.11 bits per heavy atom. The van der Waals surface area contributed by atoms with Gasteiger partial charge in [0.2, 0.25) is 0 Å². The monoisotopic (exact) mass is 416 g/mol. The Morgan fingerprint density at radius 3 is 2.57 bits per heavy atom. The highest BCUT2D eigenvalue weighted by molar-refractivity contribution is 7.92. The van der Waals surface area contributed by atoms with E-state index in [0.29, 0.717) is 25.9 Å². The Balaban J connectivity index is 1.46. The smallest absolute Gasteiger partial charge is 0.185 e. The van der Waals surface area contributed by atoms with Gasteiger partial charge in [-0.15, -0.1) is 11.3 Å². The molecule has 0 saturated carbocycles. The van der Waals surface area contributed by atoms with Crippen LogP contribution in [-0.2, 0) is 9.84 Å². The van der Waals surface area contributed by atoms with Crippen molar-refractivity contribution >= 4 is 26.3 Å². The van der Waals surface area contributed by atoms with E-state index in [9.17, 15) is 12.8 Å². The van der Waals surface area contributed by atoms with Crippen LogP contribution in [-0.4, -0.2) is 31.7 Å². The molecule has 3 aromatic rings. The summed E-state index contributed by atoms with van der Waals surface area (Å²) in [4.78, 5) is 6.96. The first-order chi connectivity index (χ1) is 13.4. The number of hydrogen-bond donors (Lipinski definition) is 0. The number of aromatic nitrogens is 1. The average molecular weight is 417 g/mol. The molecule has 28 heavy (non-hydrogen) atoms. The van der Waals surface area contributed by atoms with Gasteiger partial charge in [-0.3, -0.25) is 0 Å². The van der Waals surface area contributed by atoms with Gasteiger partial charge in [0.15, 0.2) is 15.0 Å². The third kappa shape index (κ3) is 3.82. The van der Waals surface area contributed by atoms with Crippen molar-refractivity contribution < 1.29 is 12.8 Å². The average Bonchev–Trinajstić information content (AvgIpc) is 3.18. The zero-order valence-corrected chi connectivity index (χ0v) is 17.1. The largest absolute Gasteiger partial charge is 0.348 e. The van der Waals surface area contributed by atoms with Crippen LogP contribution in [0.1, 0.15) is 18.4 Å². The van der Waals surface area contributed by atoms with E-state index in [1.54, 1.807) is 11.3 Å². The van der Waals surface area contributed by atoms with Crippen molar-refractivity contribution in [1.82, 2.24) is 4.98 Å². The van der Waals surface area contributed by atoms with Gasteiger partial charge in [-0.2, -0.15) is 0 Å². The topological polar surface area (TPSA) is 50.3 Å². The van der Waals surface area contributed by atoms with Crippen LogP contribution in [0, 0.1) is 12.7 Å². The summed E-state index contributed by atoms with van der Waals surface area (Å²) in [5.41, 5.74) is 3.22. The quantitative estimate of drug-likeness (QED) is 0.619. The molecule has 1 saturated heterocycles. The lowest BCUT2D eigenvalue weighted by atomic mass is 10.1. The maximum absolute atomic E-state index is 13.4. The van der Waals surface area contributed by atoms with E-state index in [0.717, 1.165) is 22.5 Å². The molecule has 0 bridgehead atoms.